The van der Waals surface area contributed by atoms with Crippen LogP contribution in [0.3, 0.4) is 0 Å². The van der Waals surface area contributed by atoms with Crippen molar-refractivity contribution in [3.8, 4) is 28.3 Å². The number of aromatic nitrogens is 4. The van der Waals surface area contributed by atoms with Gasteiger partial charge in [0.1, 0.15) is 5.58 Å². The zero-order valence-corrected chi connectivity index (χ0v) is 33.5. The molecule has 0 bridgehead atoms. The minimum atomic E-state index is -1.23. The van der Waals surface area contributed by atoms with Crippen LogP contribution < -0.4 is 5.19 Å². The van der Waals surface area contributed by atoms with Crippen molar-refractivity contribution in [1.82, 2.24) is 19.5 Å². The Balaban J connectivity index is 0.000000222. The molecule has 4 aromatic carbocycles. The summed E-state index contributed by atoms with van der Waals surface area (Å²) >= 11 is 0. The maximum absolute atomic E-state index is 6.38. The fraction of sp³-hybridized carbons (Fsp3) is 0.205. The molecule has 0 atom stereocenters. The van der Waals surface area contributed by atoms with Crippen molar-refractivity contribution in [2.45, 2.75) is 59.2 Å². The predicted octanol–water partition coefficient (Wildman–Crippen LogP) is 11.1. The summed E-state index contributed by atoms with van der Waals surface area (Å²) in [4.78, 5) is 14.2. The smallest absolute Gasteiger partial charge is 0.168 e. The minimum absolute atomic E-state index is 0. The Morgan fingerprint density at radius 3 is 2.12 bits per heavy atom. The molecular weight excluding hydrogens is 821 g/mol. The van der Waals surface area contributed by atoms with Gasteiger partial charge in [0.2, 0.25) is 0 Å². The first kappa shape index (κ1) is 36.1. The Labute approximate surface area is 315 Å². The van der Waals surface area contributed by atoms with E-state index in [1.165, 1.54) is 22.0 Å². The second-order valence-electron chi connectivity index (χ2n) is 14.4. The molecule has 0 amide bonds. The van der Waals surface area contributed by atoms with Gasteiger partial charge in [-0.25, -0.2) is 4.98 Å². The Bertz CT molecular complexity index is 2400. The van der Waals surface area contributed by atoms with E-state index in [4.69, 9.17) is 9.40 Å². The number of hydrogen-bond acceptors (Lipinski definition) is 4. The second-order valence-corrected chi connectivity index (χ2v) is 19.4. The maximum atomic E-state index is 6.38. The van der Waals surface area contributed by atoms with Crippen LogP contribution in [0, 0.1) is 12.1 Å². The maximum Gasteiger partial charge on any atom is 0.168 e. The number of para-hydroxylation sites is 2. The zero-order chi connectivity index (χ0) is 35.0. The van der Waals surface area contributed by atoms with Crippen LogP contribution in [0.2, 0.25) is 19.6 Å². The molecule has 1 radical (unpaired) electrons. The molecule has 4 aromatic heterocycles. The third-order valence-corrected chi connectivity index (χ3v) is 11.2. The van der Waals surface area contributed by atoms with E-state index in [0.717, 1.165) is 50.1 Å². The van der Waals surface area contributed by atoms with Crippen molar-refractivity contribution in [2.75, 3.05) is 0 Å². The second kappa shape index (κ2) is 14.9. The summed E-state index contributed by atoms with van der Waals surface area (Å²) in [7, 11) is -1.23. The summed E-state index contributed by atoms with van der Waals surface area (Å²) in [6, 6.07) is 41.8. The van der Waals surface area contributed by atoms with Gasteiger partial charge in [-0.05, 0) is 52.0 Å². The molecule has 7 heteroatoms. The van der Waals surface area contributed by atoms with Crippen LogP contribution in [0.25, 0.3) is 61.4 Å². The molecule has 0 aliphatic carbocycles. The van der Waals surface area contributed by atoms with Crippen molar-refractivity contribution in [3.05, 3.63) is 139 Å². The molecular formula is C44H42IrN4OSi-2. The van der Waals surface area contributed by atoms with Crippen LogP contribution in [-0.2, 0) is 20.1 Å². The number of furan rings is 1. The first-order valence-electron chi connectivity index (χ1n) is 17.3. The van der Waals surface area contributed by atoms with E-state index in [9.17, 15) is 0 Å². The summed E-state index contributed by atoms with van der Waals surface area (Å²) in [6.45, 7) is 16.0. The van der Waals surface area contributed by atoms with Crippen LogP contribution in [0.5, 0.6) is 0 Å². The van der Waals surface area contributed by atoms with Gasteiger partial charge in [0.25, 0.3) is 0 Å². The zero-order valence-electron chi connectivity index (χ0n) is 30.2. The Morgan fingerprint density at radius 2 is 1.45 bits per heavy atom. The molecule has 0 aliphatic rings. The van der Waals surface area contributed by atoms with Gasteiger partial charge in [0, 0.05) is 43.6 Å². The summed E-state index contributed by atoms with van der Waals surface area (Å²) < 4.78 is 8.64. The summed E-state index contributed by atoms with van der Waals surface area (Å²) in [5.74, 6) is 1.50. The van der Waals surface area contributed by atoms with Gasteiger partial charge in [-0.1, -0.05) is 107 Å². The van der Waals surface area contributed by atoms with Crippen LogP contribution in [0.1, 0.15) is 50.7 Å². The third-order valence-electron chi connectivity index (χ3n) is 9.17. The number of nitrogens with zero attached hydrogens (tertiary/aromatic N) is 4. The van der Waals surface area contributed by atoms with Crippen LogP contribution >= 0.6 is 0 Å². The van der Waals surface area contributed by atoms with Gasteiger partial charge >= 0.3 is 0 Å². The van der Waals surface area contributed by atoms with E-state index < -0.39 is 8.07 Å². The summed E-state index contributed by atoms with van der Waals surface area (Å²) in [5.41, 5.74) is 10.0. The molecule has 0 spiro atoms. The molecule has 0 fully saturated rings. The van der Waals surface area contributed by atoms with Crippen LogP contribution in [-0.4, -0.2) is 27.6 Å². The largest absolute Gasteiger partial charge is 0.501 e. The molecule has 0 saturated heterocycles. The fourth-order valence-electron chi connectivity index (χ4n) is 6.48. The molecule has 0 unspecified atom stereocenters. The van der Waals surface area contributed by atoms with Gasteiger partial charge in [-0.2, -0.15) is 0 Å². The van der Waals surface area contributed by atoms with Gasteiger partial charge in [0.15, 0.2) is 5.65 Å². The van der Waals surface area contributed by atoms with E-state index in [-0.39, 0.29) is 20.1 Å². The van der Waals surface area contributed by atoms with E-state index in [1.54, 1.807) is 6.20 Å². The average Bonchev–Trinajstić information content (AvgIpc) is 3.70. The minimum Gasteiger partial charge on any atom is -0.501 e. The first-order chi connectivity index (χ1) is 24.1. The molecule has 8 rings (SSSR count). The number of benzene rings is 4. The van der Waals surface area contributed by atoms with Gasteiger partial charge in [-0.3, -0.25) is 4.98 Å². The fourth-order valence-corrected chi connectivity index (χ4v) is 7.52. The number of imidazole rings is 1. The SMILES string of the molecule is CC(C)c1cccc(C(C)C)c1-n1c(-c2[c-]ccc3c2oc2ccccc23)nc2ncccc21.C[Si](C)(C)c1ccc(-c2[c-]cccc2)nc1.[Ir]. The van der Waals surface area contributed by atoms with E-state index in [2.05, 4.69) is 123 Å². The average molecular weight is 863 g/mol. The Kier molecular flexibility index (Phi) is 10.5. The van der Waals surface area contributed by atoms with Crippen LogP contribution in [0.15, 0.2) is 120 Å². The first-order valence-corrected chi connectivity index (χ1v) is 20.8. The molecule has 0 N–H and O–H groups in total. The quantitative estimate of drug-likeness (QED) is 0.123. The number of rotatable bonds is 6. The summed E-state index contributed by atoms with van der Waals surface area (Å²) in [6.07, 6.45) is 3.81. The molecule has 4 heterocycles. The third kappa shape index (κ3) is 7.12. The molecule has 0 aliphatic heterocycles. The van der Waals surface area contributed by atoms with Crippen molar-refractivity contribution >= 4 is 46.4 Å². The molecule has 51 heavy (non-hydrogen) atoms. The predicted molar refractivity (Wildman–Crippen MR) is 210 cm³/mol. The van der Waals surface area contributed by atoms with Crippen LogP contribution in [0.4, 0.5) is 0 Å². The van der Waals surface area contributed by atoms with Crippen molar-refractivity contribution in [2.24, 2.45) is 0 Å². The van der Waals surface area contributed by atoms with E-state index >= 15 is 0 Å². The number of pyridine rings is 2. The topological polar surface area (TPSA) is 56.7 Å². The molecule has 8 aromatic rings. The Hall–Kier alpha value is -4.68. The summed E-state index contributed by atoms with van der Waals surface area (Å²) in [5, 5.41) is 3.56. The van der Waals surface area contributed by atoms with Gasteiger partial charge in [0.05, 0.1) is 25.0 Å². The molecule has 259 valence electrons. The Morgan fingerprint density at radius 1 is 0.706 bits per heavy atom. The monoisotopic (exact) mass is 863 g/mol. The molecule has 0 saturated carbocycles. The van der Waals surface area contributed by atoms with Crippen molar-refractivity contribution < 1.29 is 24.5 Å². The van der Waals surface area contributed by atoms with Crippen molar-refractivity contribution in [3.63, 3.8) is 0 Å². The van der Waals surface area contributed by atoms with Gasteiger partial charge in [-0.15, -0.1) is 54.1 Å². The standard InChI is InChI=1S/C30H26N3O.C14H16NSi.Ir/c1-18(2)20-11-7-12-21(19(3)4)27(20)33-25-15-9-17-31-29(25)32-30(33)24-14-8-13-23-22-10-5-6-16-26(22)34-28(23)24;1-16(2,3)13-9-10-14(15-11-13)12-7-5-4-6-8-12;/h5-13,15-19H,1-4H3;4-7,9-11H,1-3H3;/q2*-1;. The van der Waals surface area contributed by atoms with E-state index in [0.29, 0.717) is 17.5 Å². The number of hydrogen-bond donors (Lipinski definition) is 0. The molecule has 5 nitrogen and oxygen atoms in total. The normalized spacial score (nSPS) is 11.6. The van der Waals surface area contributed by atoms with Crippen molar-refractivity contribution in [1.29, 1.82) is 0 Å². The number of fused-ring (bicyclic) bond motifs is 4. The van der Waals surface area contributed by atoms with Gasteiger partial charge < -0.3 is 14.0 Å². The van der Waals surface area contributed by atoms with E-state index in [1.807, 2.05) is 60.8 Å².